The largest absolute Gasteiger partial charge is 0.352 e. The molecule has 3 aliphatic rings. The van der Waals surface area contributed by atoms with Crippen LogP contribution in [0.3, 0.4) is 0 Å². The highest BCUT2D eigenvalue weighted by Gasteiger charge is 2.44. The highest BCUT2D eigenvalue weighted by Crippen LogP contribution is 2.31. The summed E-state index contributed by atoms with van der Waals surface area (Å²) in [6.45, 7) is 7.80. The quantitative estimate of drug-likeness (QED) is 0.804. The SMILES string of the molecule is CC1(C)CNC1C(=O)NC1CC(N2CCCCC2)C1. The van der Waals surface area contributed by atoms with E-state index < -0.39 is 0 Å². The van der Waals surface area contributed by atoms with Crippen LogP contribution >= 0.6 is 0 Å². The van der Waals surface area contributed by atoms with Gasteiger partial charge in [-0.3, -0.25) is 4.79 Å². The van der Waals surface area contributed by atoms with E-state index in [2.05, 4.69) is 29.4 Å². The van der Waals surface area contributed by atoms with Crippen LogP contribution in [-0.2, 0) is 4.79 Å². The zero-order chi connectivity index (χ0) is 13.5. The molecule has 1 saturated carbocycles. The minimum atomic E-state index is 0.0153. The number of hydrogen-bond acceptors (Lipinski definition) is 3. The number of piperidine rings is 1. The molecular formula is C15H27N3O. The zero-order valence-electron chi connectivity index (χ0n) is 12.2. The van der Waals surface area contributed by atoms with Gasteiger partial charge in [-0.2, -0.15) is 0 Å². The zero-order valence-corrected chi connectivity index (χ0v) is 12.2. The summed E-state index contributed by atoms with van der Waals surface area (Å²) in [5, 5.41) is 6.46. The minimum absolute atomic E-state index is 0.0153. The highest BCUT2D eigenvalue weighted by atomic mass is 16.2. The van der Waals surface area contributed by atoms with Gasteiger partial charge >= 0.3 is 0 Å². The molecule has 3 rings (SSSR count). The van der Waals surface area contributed by atoms with Gasteiger partial charge in [0.05, 0.1) is 6.04 Å². The summed E-state index contributed by atoms with van der Waals surface area (Å²) in [6, 6.07) is 1.16. The van der Waals surface area contributed by atoms with Crippen molar-refractivity contribution in [1.29, 1.82) is 0 Å². The molecule has 108 valence electrons. The minimum Gasteiger partial charge on any atom is -0.352 e. The molecule has 3 fully saturated rings. The number of nitrogens with zero attached hydrogens (tertiary/aromatic N) is 1. The van der Waals surface area contributed by atoms with Crippen molar-refractivity contribution in [3.05, 3.63) is 0 Å². The van der Waals surface area contributed by atoms with Crippen molar-refractivity contribution >= 4 is 5.91 Å². The molecule has 2 aliphatic heterocycles. The molecule has 19 heavy (non-hydrogen) atoms. The standard InChI is InChI=1S/C15H27N3O/c1-15(2)10-16-13(15)14(19)17-11-8-12(9-11)18-6-4-3-5-7-18/h11-13,16H,3-10H2,1-2H3,(H,17,19). The third-order valence-corrected chi connectivity index (χ3v) is 5.17. The van der Waals surface area contributed by atoms with Crippen LogP contribution in [0.25, 0.3) is 0 Å². The van der Waals surface area contributed by atoms with Crippen molar-refractivity contribution in [2.45, 2.75) is 64.1 Å². The lowest BCUT2D eigenvalue weighted by Crippen LogP contribution is -2.67. The highest BCUT2D eigenvalue weighted by molar-refractivity contribution is 5.84. The Bertz CT molecular complexity index is 343. The Labute approximate surface area is 116 Å². The van der Waals surface area contributed by atoms with Gasteiger partial charge in [0.25, 0.3) is 0 Å². The summed E-state index contributed by atoms with van der Waals surface area (Å²) >= 11 is 0. The predicted molar refractivity (Wildman–Crippen MR) is 75.9 cm³/mol. The van der Waals surface area contributed by atoms with Gasteiger partial charge in [0.15, 0.2) is 0 Å². The number of nitrogens with one attached hydrogen (secondary N) is 2. The van der Waals surface area contributed by atoms with Crippen molar-refractivity contribution in [3.8, 4) is 0 Å². The third-order valence-electron chi connectivity index (χ3n) is 5.17. The molecule has 0 aromatic heterocycles. The fourth-order valence-electron chi connectivity index (χ4n) is 3.63. The summed E-state index contributed by atoms with van der Waals surface area (Å²) in [7, 11) is 0. The fourth-order valence-corrected chi connectivity index (χ4v) is 3.63. The van der Waals surface area contributed by atoms with E-state index in [4.69, 9.17) is 0 Å². The molecule has 4 heteroatoms. The molecule has 1 amide bonds. The topological polar surface area (TPSA) is 44.4 Å². The summed E-state index contributed by atoms with van der Waals surface area (Å²) in [6.07, 6.45) is 6.41. The molecular weight excluding hydrogens is 238 g/mol. The molecule has 2 N–H and O–H groups in total. The first-order valence-corrected chi connectivity index (χ1v) is 7.84. The van der Waals surface area contributed by atoms with E-state index >= 15 is 0 Å². The van der Waals surface area contributed by atoms with Crippen LogP contribution in [0.5, 0.6) is 0 Å². The van der Waals surface area contributed by atoms with Gasteiger partial charge < -0.3 is 15.5 Å². The lowest BCUT2D eigenvalue weighted by Gasteiger charge is -2.48. The van der Waals surface area contributed by atoms with Gasteiger partial charge in [-0.25, -0.2) is 0 Å². The van der Waals surface area contributed by atoms with E-state index in [1.165, 1.54) is 32.4 Å². The average molecular weight is 265 g/mol. The molecule has 0 radical (unpaired) electrons. The monoisotopic (exact) mass is 265 g/mol. The van der Waals surface area contributed by atoms with E-state index in [0.29, 0.717) is 6.04 Å². The van der Waals surface area contributed by atoms with E-state index in [1.54, 1.807) is 0 Å². The molecule has 2 heterocycles. The maximum atomic E-state index is 12.1. The van der Waals surface area contributed by atoms with Crippen LogP contribution in [0, 0.1) is 5.41 Å². The van der Waals surface area contributed by atoms with Gasteiger partial charge in [0, 0.05) is 24.0 Å². The van der Waals surface area contributed by atoms with E-state index in [-0.39, 0.29) is 17.4 Å². The van der Waals surface area contributed by atoms with Crippen molar-refractivity contribution in [1.82, 2.24) is 15.5 Å². The normalized spacial score (nSPS) is 38.1. The van der Waals surface area contributed by atoms with Crippen LogP contribution in [-0.4, -0.2) is 48.6 Å². The van der Waals surface area contributed by atoms with Crippen LogP contribution < -0.4 is 10.6 Å². The summed E-state index contributed by atoms with van der Waals surface area (Å²) in [5.74, 6) is 0.207. The first kappa shape index (κ1) is 13.4. The smallest absolute Gasteiger partial charge is 0.237 e. The molecule has 1 unspecified atom stereocenters. The Kier molecular flexibility index (Phi) is 3.56. The molecule has 0 spiro atoms. The Morgan fingerprint density at radius 2 is 1.89 bits per heavy atom. The first-order chi connectivity index (χ1) is 9.06. The number of carbonyl (C=O) groups is 1. The van der Waals surface area contributed by atoms with Gasteiger partial charge in [-0.15, -0.1) is 0 Å². The maximum Gasteiger partial charge on any atom is 0.237 e. The van der Waals surface area contributed by atoms with E-state index in [9.17, 15) is 4.79 Å². The van der Waals surface area contributed by atoms with Crippen molar-refractivity contribution in [2.24, 2.45) is 5.41 Å². The Morgan fingerprint density at radius 3 is 2.42 bits per heavy atom. The predicted octanol–water partition coefficient (Wildman–Crippen LogP) is 1.12. The van der Waals surface area contributed by atoms with Crippen molar-refractivity contribution < 1.29 is 4.79 Å². The number of hydrogen-bond donors (Lipinski definition) is 2. The Morgan fingerprint density at radius 1 is 1.21 bits per heavy atom. The van der Waals surface area contributed by atoms with Gasteiger partial charge in [-0.05, 0) is 38.8 Å². The number of likely N-dealkylation sites (tertiary alicyclic amines) is 1. The molecule has 1 aliphatic carbocycles. The molecule has 0 aromatic rings. The Balaban J connectivity index is 1.40. The van der Waals surface area contributed by atoms with Gasteiger partial charge in [0.2, 0.25) is 5.91 Å². The molecule has 0 bridgehead atoms. The fraction of sp³-hybridized carbons (Fsp3) is 0.933. The third kappa shape index (κ3) is 2.65. The maximum absolute atomic E-state index is 12.1. The van der Waals surface area contributed by atoms with Crippen LogP contribution in [0.1, 0.15) is 46.0 Å². The van der Waals surface area contributed by atoms with E-state index in [1.807, 2.05) is 0 Å². The van der Waals surface area contributed by atoms with Crippen molar-refractivity contribution in [2.75, 3.05) is 19.6 Å². The second-order valence-electron chi connectivity index (χ2n) is 7.23. The number of carbonyl (C=O) groups excluding carboxylic acids is 1. The summed E-state index contributed by atoms with van der Waals surface area (Å²) < 4.78 is 0. The van der Waals surface area contributed by atoms with E-state index in [0.717, 1.165) is 25.4 Å². The lowest BCUT2D eigenvalue weighted by molar-refractivity contribution is -0.131. The van der Waals surface area contributed by atoms with Gasteiger partial charge in [-0.1, -0.05) is 20.3 Å². The van der Waals surface area contributed by atoms with Crippen LogP contribution in [0.4, 0.5) is 0 Å². The van der Waals surface area contributed by atoms with Crippen LogP contribution in [0.2, 0.25) is 0 Å². The van der Waals surface area contributed by atoms with Crippen LogP contribution in [0.15, 0.2) is 0 Å². The summed E-state index contributed by atoms with van der Waals surface area (Å²) in [5.41, 5.74) is 0.125. The number of amides is 1. The molecule has 0 aromatic carbocycles. The second-order valence-corrected chi connectivity index (χ2v) is 7.23. The Hall–Kier alpha value is -0.610. The summed E-state index contributed by atoms with van der Waals surface area (Å²) in [4.78, 5) is 14.8. The molecule has 4 nitrogen and oxygen atoms in total. The second kappa shape index (κ2) is 5.06. The number of rotatable bonds is 3. The van der Waals surface area contributed by atoms with Gasteiger partial charge in [0.1, 0.15) is 0 Å². The molecule has 1 atom stereocenters. The lowest BCUT2D eigenvalue weighted by atomic mass is 9.76. The van der Waals surface area contributed by atoms with Crippen molar-refractivity contribution in [3.63, 3.8) is 0 Å². The first-order valence-electron chi connectivity index (χ1n) is 7.84. The molecule has 2 saturated heterocycles. The average Bonchev–Trinajstić information content (AvgIpc) is 2.33.